The molecule has 2 N–H and O–H groups in total. The first-order valence-electron chi connectivity index (χ1n) is 6.77. The molecule has 0 spiro atoms. The SMILES string of the molecule is CCN(C(=O)c1sc2ccc(Br)cc2c1N)C(C)COC. The Bertz CT molecular complexity index is 656. The number of halogens is 1. The molecule has 1 heterocycles. The van der Waals surface area contributed by atoms with E-state index in [1.54, 1.807) is 12.0 Å². The van der Waals surface area contributed by atoms with Gasteiger partial charge < -0.3 is 15.4 Å². The molecule has 0 aliphatic carbocycles. The van der Waals surface area contributed by atoms with E-state index in [2.05, 4.69) is 15.9 Å². The Morgan fingerprint density at radius 1 is 1.52 bits per heavy atom. The maximum atomic E-state index is 12.8. The Hall–Kier alpha value is -1.11. The molecule has 1 unspecified atom stereocenters. The van der Waals surface area contributed by atoms with Gasteiger partial charge in [-0.1, -0.05) is 15.9 Å². The lowest BCUT2D eigenvalue weighted by Crippen LogP contribution is -2.40. The largest absolute Gasteiger partial charge is 0.397 e. The summed E-state index contributed by atoms with van der Waals surface area (Å²) in [5, 5.41) is 0.924. The second-order valence-corrected chi connectivity index (χ2v) is 6.85. The third kappa shape index (κ3) is 3.22. The van der Waals surface area contributed by atoms with E-state index in [1.165, 1.54) is 11.3 Å². The smallest absolute Gasteiger partial charge is 0.266 e. The number of nitrogen functional groups attached to an aromatic ring is 1. The van der Waals surface area contributed by atoms with Gasteiger partial charge in [0.2, 0.25) is 0 Å². The number of likely N-dealkylation sites (N-methyl/N-ethyl adjacent to an activating group) is 1. The van der Waals surface area contributed by atoms with Crippen LogP contribution in [-0.4, -0.2) is 37.1 Å². The number of ether oxygens (including phenoxy) is 1. The quantitative estimate of drug-likeness (QED) is 0.871. The fourth-order valence-electron chi connectivity index (χ4n) is 2.36. The zero-order chi connectivity index (χ0) is 15.6. The summed E-state index contributed by atoms with van der Waals surface area (Å²) in [7, 11) is 1.64. The van der Waals surface area contributed by atoms with Crippen LogP contribution in [0.2, 0.25) is 0 Å². The number of nitrogens with two attached hydrogens (primary N) is 1. The van der Waals surface area contributed by atoms with Gasteiger partial charge in [0.1, 0.15) is 4.88 Å². The molecule has 1 atom stereocenters. The summed E-state index contributed by atoms with van der Waals surface area (Å²) in [6, 6.07) is 5.90. The van der Waals surface area contributed by atoms with Crippen LogP contribution >= 0.6 is 27.3 Å². The minimum atomic E-state index is -0.0307. The van der Waals surface area contributed by atoms with Gasteiger partial charge in [0, 0.05) is 28.2 Å². The molecule has 0 saturated heterocycles. The second kappa shape index (κ2) is 6.77. The number of amides is 1. The van der Waals surface area contributed by atoms with Gasteiger partial charge in [-0.3, -0.25) is 4.79 Å². The molecule has 4 nitrogen and oxygen atoms in total. The Balaban J connectivity index is 2.40. The highest BCUT2D eigenvalue weighted by Gasteiger charge is 2.24. The average Bonchev–Trinajstić information content (AvgIpc) is 2.77. The number of rotatable bonds is 5. The van der Waals surface area contributed by atoms with Crippen molar-refractivity contribution in [1.82, 2.24) is 4.90 Å². The van der Waals surface area contributed by atoms with Gasteiger partial charge in [0.25, 0.3) is 5.91 Å². The molecule has 0 radical (unpaired) electrons. The molecule has 114 valence electrons. The lowest BCUT2D eigenvalue weighted by molar-refractivity contribution is 0.0585. The lowest BCUT2D eigenvalue weighted by Gasteiger charge is -2.27. The monoisotopic (exact) mass is 370 g/mol. The number of hydrogen-bond acceptors (Lipinski definition) is 4. The van der Waals surface area contributed by atoms with E-state index in [0.29, 0.717) is 23.7 Å². The van der Waals surface area contributed by atoms with Crippen molar-refractivity contribution in [3.63, 3.8) is 0 Å². The van der Waals surface area contributed by atoms with Crippen LogP contribution in [0.5, 0.6) is 0 Å². The molecule has 1 aromatic heterocycles. The van der Waals surface area contributed by atoms with Crippen molar-refractivity contribution >= 4 is 48.9 Å². The van der Waals surface area contributed by atoms with Gasteiger partial charge in [0.05, 0.1) is 18.3 Å². The number of thiophene rings is 1. The Labute approximate surface area is 137 Å². The van der Waals surface area contributed by atoms with Gasteiger partial charge in [-0.15, -0.1) is 11.3 Å². The first-order chi connectivity index (χ1) is 9.99. The summed E-state index contributed by atoms with van der Waals surface area (Å²) in [6.07, 6.45) is 0. The van der Waals surface area contributed by atoms with Crippen LogP contribution in [0.3, 0.4) is 0 Å². The Morgan fingerprint density at radius 3 is 2.86 bits per heavy atom. The summed E-state index contributed by atoms with van der Waals surface area (Å²) < 4.78 is 7.13. The van der Waals surface area contributed by atoms with Crippen molar-refractivity contribution in [2.24, 2.45) is 0 Å². The van der Waals surface area contributed by atoms with Crippen LogP contribution in [-0.2, 0) is 4.74 Å². The van der Waals surface area contributed by atoms with E-state index >= 15 is 0 Å². The first-order valence-corrected chi connectivity index (χ1v) is 8.38. The molecule has 1 aromatic carbocycles. The van der Waals surface area contributed by atoms with E-state index in [1.807, 2.05) is 32.0 Å². The van der Waals surface area contributed by atoms with Crippen LogP contribution in [0.1, 0.15) is 23.5 Å². The number of carbonyl (C=O) groups is 1. The van der Waals surface area contributed by atoms with Crippen LogP contribution in [0.15, 0.2) is 22.7 Å². The van der Waals surface area contributed by atoms with E-state index in [0.717, 1.165) is 14.6 Å². The number of hydrogen-bond donors (Lipinski definition) is 1. The number of fused-ring (bicyclic) bond motifs is 1. The predicted molar refractivity (Wildman–Crippen MR) is 92.0 cm³/mol. The van der Waals surface area contributed by atoms with Crippen molar-refractivity contribution in [2.45, 2.75) is 19.9 Å². The maximum Gasteiger partial charge on any atom is 0.266 e. The number of anilines is 1. The van der Waals surface area contributed by atoms with Crippen LogP contribution in [0.4, 0.5) is 5.69 Å². The van der Waals surface area contributed by atoms with Crippen molar-refractivity contribution in [1.29, 1.82) is 0 Å². The van der Waals surface area contributed by atoms with Gasteiger partial charge in [-0.25, -0.2) is 0 Å². The number of methoxy groups -OCH3 is 1. The standard InChI is InChI=1S/C15H19BrN2O2S/c1-4-18(9(2)8-20-3)15(19)14-13(17)11-7-10(16)5-6-12(11)21-14/h5-7,9H,4,8,17H2,1-3H3. The maximum absolute atomic E-state index is 12.8. The molecule has 6 heteroatoms. The number of benzene rings is 1. The average molecular weight is 371 g/mol. The molecule has 0 aliphatic rings. The molecule has 0 fully saturated rings. The molecule has 2 rings (SSSR count). The second-order valence-electron chi connectivity index (χ2n) is 4.88. The van der Waals surface area contributed by atoms with E-state index in [9.17, 15) is 4.79 Å². The van der Waals surface area contributed by atoms with Crippen molar-refractivity contribution in [3.8, 4) is 0 Å². The van der Waals surface area contributed by atoms with E-state index in [4.69, 9.17) is 10.5 Å². The molecule has 1 amide bonds. The highest BCUT2D eigenvalue weighted by atomic mass is 79.9. The number of nitrogens with zero attached hydrogens (tertiary/aromatic N) is 1. The highest BCUT2D eigenvalue weighted by molar-refractivity contribution is 9.10. The predicted octanol–water partition coefficient (Wildman–Crippen LogP) is 3.74. The van der Waals surface area contributed by atoms with Crippen LogP contribution < -0.4 is 5.73 Å². The first kappa shape index (κ1) is 16.3. The molecule has 21 heavy (non-hydrogen) atoms. The van der Waals surface area contributed by atoms with Crippen molar-refractivity contribution in [3.05, 3.63) is 27.5 Å². The van der Waals surface area contributed by atoms with Crippen LogP contribution in [0.25, 0.3) is 10.1 Å². The van der Waals surface area contributed by atoms with E-state index < -0.39 is 0 Å². The fraction of sp³-hybridized carbons (Fsp3) is 0.400. The summed E-state index contributed by atoms with van der Waals surface area (Å²) in [4.78, 5) is 15.2. The fourth-order valence-corrected chi connectivity index (χ4v) is 3.79. The van der Waals surface area contributed by atoms with E-state index in [-0.39, 0.29) is 11.9 Å². The van der Waals surface area contributed by atoms with Gasteiger partial charge in [0.15, 0.2) is 0 Å². The normalized spacial score (nSPS) is 12.6. The Kier molecular flexibility index (Phi) is 5.24. The molecular formula is C15H19BrN2O2S. The zero-order valence-electron chi connectivity index (χ0n) is 12.4. The van der Waals surface area contributed by atoms with Crippen LogP contribution in [0, 0.1) is 0 Å². The Morgan fingerprint density at radius 2 is 2.24 bits per heavy atom. The summed E-state index contributed by atoms with van der Waals surface area (Å²) in [5.41, 5.74) is 6.75. The molecule has 0 bridgehead atoms. The minimum absolute atomic E-state index is 0.0175. The topological polar surface area (TPSA) is 55.6 Å². The van der Waals surface area contributed by atoms with Crippen molar-refractivity contribution < 1.29 is 9.53 Å². The molecule has 0 saturated carbocycles. The van der Waals surface area contributed by atoms with Gasteiger partial charge in [-0.05, 0) is 32.0 Å². The molecule has 0 aliphatic heterocycles. The molecule has 2 aromatic rings. The minimum Gasteiger partial charge on any atom is -0.397 e. The van der Waals surface area contributed by atoms with Gasteiger partial charge in [-0.2, -0.15) is 0 Å². The highest BCUT2D eigenvalue weighted by Crippen LogP contribution is 2.36. The zero-order valence-corrected chi connectivity index (χ0v) is 14.8. The molecular weight excluding hydrogens is 352 g/mol. The third-order valence-electron chi connectivity index (χ3n) is 3.42. The summed E-state index contributed by atoms with van der Waals surface area (Å²) in [6.45, 7) is 5.08. The summed E-state index contributed by atoms with van der Waals surface area (Å²) >= 11 is 4.88. The van der Waals surface area contributed by atoms with Crippen molar-refractivity contribution in [2.75, 3.05) is 26.0 Å². The third-order valence-corrected chi connectivity index (χ3v) is 5.09. The number of carbonyl (C=O) groups excluding carboxylic acids is 1. The van der Waals surface area contributed by atoms with Gasteiger partial charge >= 0.3 is 0 Å². The summed E-state index contributed by atoms with van der Waals surface area (Å²) in [5.74, 6) is -0.0307. The lowest BCUT2D eigenvalue weighted by atomic mass is 10.2.